The molecule has 2 bridgehead atoms. The van der Waals surface area contributed by atoms with Crippen LogP contribution in [0.2, 0.25) is 5.02 Å². The minimum atomic E-state index is -3.77. The molecular weight excluding hydrogens is 536 g/mol. The number of aryl methyl sites for hydroxylation is 1. The van der Waals surface area contributed by atoms with Crippen molar-refractivity contribution in [3.05, 3.63) is 58.1 Å². The van der Waals surface area contributed by atoms with Crippen molar-refractivity contribution in [3.63, 3.8) is 0 Å². The minimum absolute atomic E-state index is 0.135. The van der Waals surface area contributed by atoms with E-state index in [0.717, 1.165) is 62.3 Å². The zero-order valence-corrected chi connectivity index (χ0v) is 23.8. The number of carbonyl (C=O) groups is 1. The highest BCUT2D eigenvalue weighted by Crippen LogP contribution is 2.46. The Morgan fingerprint density at radius 1 is 1.05 bits per heavy atom. The molecule has 0 saturated heterocycles. The molecule has 6 rings (SSSR count). The number of benzene rings is 2. The van der Waals surface area contributed by atoms with Gasteiger partial charge in [-0.1, -0.05) is 17.7 Å². The summed E-state index contributed by atoms with van der Waals surface area (Å²) in [5.74, 6) is 0.835. The number of halogens is 1. The number of sulfonamides is 1. The molecule has 0 aromatic heterocycles. The van der Waals surface area contributed by atoms with E-state index < -0.39 is 22.0 Å². The van der Waals surface area contributed by atoms with Crippen LogP contribution in [-0.2, 0) is 21.9 Å². The second-order valence-corrected chi connectivity index (χ2v) is 14.3. The highest BCUT2D eigenvalue weighted by Gasteiger charge is 2.43. The van der Waals surface area contributed by atoms with Crippen molar-refractivity contribution in [2.24, 2.45) is 11.8 Å². The van der Waals surface area contributed by atoms with Crippen molar-refractivity contribution in [3.8, 4) is 5.75 Å². The number of rotatable bonds is 0. The fourth-order valence-electron chi connectivity index (χ4n) is 7.12. The van der Waals surface area contributed by atoms with Crippen LogP contribution in [0.1, 0.15) is 72.9 Å². The van der Waals surface area contributed by atoms with E-state index in [4.69, 9.17) is 16.3 Å². The molecule has 2 heterocycles. The Balaban J connectivity index is 1.40. The maximum absolute atomic E-state index is 13.1. The van der Waals surface area contributed by atoms with Gasteiger partial charge in [-0.05, 0) is 111 Å². The SMILES string of the molecule is O=C1NS(=O)(=O)CCCC[C@@H](O)C[C@@H]2CC[C@H]2CN2C[C@@]3(CCCc4cc(Cl)ccc43)COc3ccc1cc32. The summed E-state index contributed by atoms with van der Waals surface area (Å²) in [7, 11) is -3.77. The third kappa shape index (κ3) is 5.52. The van der Waals surface area contributed by atoms with Gasteiger partial charge in [0.15, 0.2) is 0 Å². The number of aliphatic hydroxyl groups excluding tert-OH is 1. The lowest BCUT2D eigenvalue weighted by molar-refractivity contribution is 0.0721. The van der Waals surface area contributed by atoms with E-state index in [1.54, 1.807) is 18.2 Å². The van der Waals surface area contributed by atoms with Crippen molar-refractivity contribution < 1.29 is 23.1 Å². The van der Waals surface area contributed by atoms with Gasteiger partial charge < -0.3 is 14.7 Å². The minimum Gasteiger partial charge on any atom is -0.490 e. The number of carbonyl (C=O) groups excluding carboxylic acids is 1. The maximum atomic E-state index is 13.1. The molecule has 1 saturated carbocycles. The van der Waals surface area contributed by atoms with Crippen LogP contribution in [0.25, 0.3) is 0 Å². The number of nitrogens with one attached hydrogen (secondary N) is 1. The Labute approximate surface area is 235 Å². The standard InChI is InChI=1S/C30H37ClN2O5S/c31-24-9-10-26-21(14-24)4-3-12-30(26)18-33-17-23-7-6-20(23)15-25(34)5-1-2-13-39(36,37)32-29(35)22-8-11-28(38-19-30)27(33)16-22/h8-11,14,16,20,23,25,34H,1-7,12-13,15,17-19H2,(H,32,35)/t20-,23-,25+,30-/m0/s1. The van der Waals surface area contributed by atoms with Crippen LogP contribution < -0.4 is 14.4 Å². The van der Waals surface area contributed by atoms with Crippen LogP contribution in [0.4, 0.5) is 5.69 Å². The molecule has 1 fully saturated rings. The van der Waals surface area contributed by atoms with Crippen LogP contribution in [-0.4, -0.2) is 51.0 Å². The van der Waals surface area contributed by atoms with Crippen LogP contribution in [0.3, 0.4) is 0 Å². The number of nitrogens with zero attached hydrogens (tertiary/aromatic N) is 1. The predicted molar refractivity (Wildman–Crippen MR) is 152 cm³/mol. The Morgan fingerprint density at radius 2 is 1.90 bits per heavy atom. The summed E-state index contributed by atoms with van der Waals surface area (Å²) in [6.45, 7) is 2.07. The highest BCUT2D eigenvalue weighted by atomic mass is 35.5. The molecule has 1 amide bonds. The van der Waals surface area contributed by atoms with E-state index in [1.165, 1.54) is 11.1 Å². The number of aliphatic hydroxyl groups is 1. The first kappa shape index (κ1) is 26.9. The van der Waals surface area contributed by atoms with Gasteiger partial charge in [-0.15, -0.1) is 0 Å². The molecule has 4 atom stereocenters. The zero-order valence-electron chi connectivity index (χ0n) is 22.2. The van der Waals surface area contributed by atoms with Gasteiger partial charge in [-0.25, -0.2) is 13.1 Å². The van der Waals surface area contributed by atoms with E-state index in [9.17, 15) is 18.3 Å². The Bertz CT molecular complexity index is 1370. The zero-order chi connectivity index (χ0) is 27.2. The lowest BCUT2D eigenvalue weighted by atomic mass is 9.68. The average molecular weight is 573 g/mol. The van der Waals surface area contributed by atoms with Gasteiger partial charge in [-0.3, -0.25) is 4.79 Å². The van der Waals surface area contributed by atoms with Crippen molar-refractivity contribution >= 4 is 33.2 Å². The summed E-state index contributed by atoms with van der Waals surface area (Å²) < 4.78 is 34.0. The Kier molecular flexibility index (Phi) is 7.31. The largest absolute Gasteiger partial charge is 0.490 e. The molecule has 2 aromatic rings. The number of fused-ring (bicyclic) bond motifs is 4. The molecule has 7 nitrogen and oxygen atoms in total. The monoisotopic (exact) mass is 572 g/mol. The van der Waals surface area contributed by atoms with Crippen molar-refractivity contribution in [2.75, 3.05) is 30.3 Å². The quantitative estimate of drug-likeness (QED) is 0.469. The average Bonchev–Trinajstić information content (AvgIpc) is 3.04. The third-order valence-corrected chi connectivity index (χ3v) is 10.9. The van der Waals surface area contributed by atoms with Gasteiger partial charge in [0, 0.05) is 29.1 Å². The lowest BCUT2D eigenvalue weighted by Crippen LogP contribution is -2.48. The van der Waals surface area contributed by atoms with Gasteiger partial charge in [-0.2, -0.15) is 0 Å². The van der Waals surface area contributed by atoms with E-state index in [-0.39, 0.29) is 11.2 Å². The molecular formula is C30H37ClN2O5S. The van der Waals surface area contributed by atoms with E-state index in [1.807, 2.05) is 6.07 Å². The first-order valence-electron chi connectivity index (χ1n) is 14.2. The van der Waals surface area contributed by atoms with Gasteiger partial charge in [0.1, 0.15) is 5.75 Å². The van der Waals surface area contributed by atoms with E-state index in [2.05, 4.69) is 21.8 Å². The van der Waals surface area contributed by atoms with Crippen LogP contribution in [0.15, 0.2) is 36.4 Å². The summed E-state index contributed by atoms with van der Waals surface area (Å²) >= 11 is 6.37. The summed E-state index contributed by atoms with van der Waals surface area (Å²) in [5.41, 5.74) is 3.47. The van der Waals surface area contributed by atoms with E-state index in [0.29, 0.717) is 49.0 Å². The van der Waals surface area contributed by atoms with Gasteiger partial charge in [0.25, 0.3) is 5.91 Å². The molecule has 1 spiro atoms. The number of anilines is 1. The molecule has 2 N–H and O–H groups in total. The predicted octanol–water partition coefficient (Wildman–Crippen LogP) is 4.83. The number of amides is 1. The van der Waals surface area contributed by atoms with E-state index >= 15 is 0 Å². The maximum Gasteiger partial charge on any atom is 0.264 e. The molecule has 4 aliphatic rings. The van der Waals surface area contributed by atoms with Gasteiger partial charge in [0.2, 0.25) is 10.0 Å². The van der Waals surface area contributed by atoms with Gasteiger partial charge >= 0.3 is 0 Å². The molecule has 2 aromatic carbocycles. The smallest absolute Gasteiger partial charge is 0.264 e. The highest BCUT2D eigenvalue weighted by molar-refractivity contribution is 7.90. The summed E-state index contributed by atoms with van der Waals surface area (Å²) in [5, 5.41) is 11.5. The van der Waals surface area contributed by atoms with Crippen LogP contribution in [0, 0.1) is 11.8 Å². The van der Waals surface area contributed by atoms with Crippen molar-refractivity contribution in [1.29, 1.82) is 0 Å². The molecule has 39 heavy (non-hydrogen) atoms. The summed E-state index contributed by atoms with van der Waals surface area (Å²) in [6, 6.07) is 11.4. The molecule has 2 aliphatic heterocycles. The topological polar surface area (TPSA) is 95.9 Å². The molecule has 9 heteroatoms. The Hall–Kier alpha value is -2.29. The lowest BCUT2D eigenvalue weighted by Gasteiger charge is -2.45. The molecule has 0 radical (unpaired) electrons. The summed E-state index contributed by atoms with van der Waals surface area (Å²) in [6.07, 6.45) is 7.16. The first-order valence-corrected chi connectivity index (χ1v) is 16.3. The Morgan fingerprint density at radius 3 is 2.72 bits per heavy atom. The fraction of sp³-hybridized carbons (Fsp3) is 0.567. The number of hydrogen-bond acceptors (Lipinski definition) is 6. The van der Waals surface area contributed by atoms with Crippen molar-refractivity contribution in [1.82, 2.24) is 4.72 Å². The molecule has 0 unspecified atom stereocenters. The van der Waals surface area contributed by atoms with Crippen LogP contribution in [0.5, 0.6) is 5.75 Å². The number of ether oxygens (including phenoxy) is 1. The normalized spacial score (nSPS) is 30.7. The first-order chi connectivity index (χ1) is 18.7. The van der Waals surface area contributed by atoms with Crippen LogP contribution >= 0.6 is 11.6 Å². The fourth-order valence-corrected chi connectivity index (χ4v) is 8.40. The van der Waals surface area contributed by atoms with Gasteiger partial charge in [0.05, 0.1) is 24.2 Å². The molecule has 2 aliphatic carbocycles. The second-order valence-electron chi connectivity index (χ2n) is 12.0. The summed E-state index contributed by atoms with van der Waals surface area (Å²) in [4.78, 5) is 15.4. The number of hydrogen-bond donors (Lipinski definition) is 2. The third-order valence-electron chi connectivity index (χ3n) is 9.35. The van der Waals surface area contributed by atoms with Crippen molar-refractivity contribution in [2.45, 2.75) is 69.3 Å². The second kappa shape index (κ2) is 10.6. The molecule has 210 valence electrons.